The maximum atomic E-state index is 12.5. The summed E-state index contributed by atoms with van der Waals surface area (Å²) in [5, 5.41) is 2.86. The van der Waals surface area contributed by atoms with Crippen molar-refractivity contribution in [1.29, 1.82) is 0 Å². The van der Waals surface area contributed by atoms with E-state index in [1.165, 1.54) is 11.8 Å². The van der Waals surface area contributed by atoms with Crippen molar-refractivity contribution in [3.05, 3.63) is 54.1 Å². The Bertz CT molecular complexity index is 741. The monoisotopic (exact) mass is 340 g/mol. The molecule has 5 nitrogen and oxygen atoms in total. The predicted molar refractivity (Wildman–Crippen MR) is 100 cm³/mol. The summed E-state index contributed by atoms with van der Waals surface area (Å²) >= 11 is 0. The molecule has 132 valence electrons. The molecule has 0 fully saturated rings. The van der Waals surface area contributed by atoms with Crippen molar-refractivity contribution in [2.24, 2.45) is 0 Å². The zero-order valence-corrected chi connectivity index (χ0v) is 15.1. The summed E-state index contributed by atoms with van der Waals surface area (Å²) in [5.74, 6) is 0.376. The van der Waals surface area contributed by atoms with Gasteiger partial charge in [0, 0.05) is 25.3 Å². The van der Waals surface area contributed by atoms with Crippen LogP contribution in [0.5, 0.6) is 5.75 Å². The van der Waals surface area contributed by atoms with Gasteiger partial charge in [-0.05, 0) is 43.7 Å². The molecule has 0 aromatic heterocycles. The van der Waals surface area contributed by atoms with Gasteiger partial charge in [0.15, 0.2) is 6.10 Å². The first-order valence-electron chi connectivity index (χ1n) is 8.29. The van der Waals surface area contributed by atoms with E-state index in [-0.39, 0.29) is 11.8 Å². The van der Waals surface area contributed by atoms with Gasteiger partial charge in [0.25, 0.3) is 5.91 Å². The summed E-state index contributed by atoms with van der Waals surface area (Å²) in [4.78, 5) is 25.5. The SMILES string of the molecule is CCC(Oc1ccc(C)cc1)C(=O)Nc1cccc(N(C)C(C)=O)c1. The van der Waals surface area contributed by atoms with Crippen molar-refractivity contribution in [2.75, 3.05) is 17.3 Å². The number of nitrogens with zero attached hydrogens (tertiary/aromatic N) is 1. The quantitative estimate of drug-likeness (QED) is 0.871. The third-order valence-electron chi connectivity index (χ3n) is 3.94. The number of ether oxygens (including phenoxy) is 1. The molecule has 0 saturated carbocycles. The summed E-state index contributed by atoms with van der Waals surface area (Å²) < 4.78 is 5.79. The Labute approximate surface area is 148 Å². The maximum Gasteiger partial charge on any atom is 0.265 e. The van der Waals surface area contributed by atoms with Gasteiger partial charge < -0.3 is 15.0 Å². The van der Waals surface area contributed by atoms with Gasteiger partial charge >= 0.3 is 0 Å². The van der Waals surface area contributed by atoms with Crippen molar-refractivity contribution >= 4 is 23.2 Å². The minimum Gasteiger partial charge on any atom is -0.481 e. The predicted octanol–water partition coefficient (Wildman–Crippen LogP) is 3.77. The molecule has 0 aliphatic carbocycles. The lowest BCUT2D eigenvalue weighted by atomic mass is 10.2. The third kappa shape index (κ3) is 5.08. The smallest absolute Gasteiger partial charge is 0.265 e. The zero-order valence-electron chi connectivity index (χ0n) is 15.1. The second-order valence-corrected chi connectivity index (χ2v) is 5.95. The number of amides is 2. The lowest BCUT2D eigenvalue weighted by molar-refractivity contribution is -0.122. The van der Waals surface area contributed by atoms with Crippen LogP contribution >= 0.6 is 0 Å². The molecule has 0 saturated heterocycles. The van der Waals surface area contributed by atoms with Crippen LogP contribution in [0.4, 0.5) is 11.4 Å². The van der Waals surface area contributed by atoms with Crippen molar-refractivity contribution in [3.63, 3.8) is 0 Å². The van der Waals surface area contributed by atoms with Crippen LogP contribution in [-0.4, -0.2) is 25.0 Å². The molecule has 0 heterocycles. The second kappa shape index (κ2) is 8.33. The number of carbonyl (C=O) groups excluding carboxylic acids is 2. The molecule has 5 heteroatoms. The highest BCUT2D eigenvalue weighted by atomic mass is 16.5. The van der Waals surface area contributed by atoms with Crippen LogP contribution in [0, 0.1) is 6.92 Å². The van der Waals surface area contributed by atoms with Gasteiger partial charge in [0.1, 0.15) is 5.75 Å². The number of nitrogens with one attached hydrogen (secondary N) is 1. The summed E-state index contributed by atoms with van der Waals surface area (Å²) in [5.41, 5.74) is 2.48. The fraction of sp³-hybridized carbons (Fsp3) is 0.300. The maximum absolute atomic E-state index is 12.5. The van der Waals surface area contributed by atoms with E-state index in [4.69, 9.17) is 4.74 Å². The van der Waals surface area contributed by atoms with Gasteiger partial charge in [-0.1, -0.05) is 30.7 Å². The molecule has 0 aliphatic rings. The number of aryl methyl sites for hydroxylation is 1. The number of hydrogen-bond acceptors (Lipinski definition) is 3. The van der Waals surface area contributed by atoms with Crippen LogP contribution in [-0.2, 0) is 9.59 Å². The minimum absolute atomic E-state index is 0.0717. The van der Waals surface area contributed by atoms with Crippen LogP contribution < -0.4 is 15.0 Å². The van der Waals surface area contributed by atoms with Gasteiger partial charge in [0.05, 0.1) is 0 Å². The average Bonchev–Trinajstić information content (AvgIpc) is 2.60. The Kier molecular flexibility index (Phi) is 6.17. The molecule has 2 aromatic carbocycles. The summed E-state index contributed by atoms with van der Waals surface area (Å²) in [7, 11) is 1.69. The van der Waals surface area contributed by atoms with E-state index < -0.39 is 6.10 Å². The standard InChI is InChI=1S/C20H24N2O3/c1-5-19(25-18-11-9-14(2)10-12-18)20(24)21-16-7-6-8-17(13-16)22(4)15(3)23/h6-13,19H,5H2,1-4H3,(H,21,24). The molecule has 2 amide bonds. The lowest BCUT2D eigenvalue weighted by Gasteiger charge is -2.19. The van der Waals surface area contributed by atoms with Gasteiger partial charge in [-0.3, -0.25) is 9.59 Å². The zero-order chi connectivity index (χ0) is 18.4. The first kappa shape index (κ1) is 18.5. The first-order valence-corrected chi connectivity index (χ1v) is 8.29. The Hall–Kier alpha value is -2.82. The van der Waals surface area contributed by atoms with E-state index in [0.29, 0.717) is 17.9 Å². The largest absolute Gasteiger partial charge is 0.481 e. The van der Waals surface area contributed by atoms with E-state index in [0.717, 1.165) is 11.3 Å². The fourth-order valence-electron chi connectivity index (χ4n) is 2.30. The van der Waals surface area contributed by atoms with Gasteiger partial charge in [-0.25, -0.2) is 0 Å². The van der Waals surface area contributed by atoms with E-state index >= 15 is 0 Å². The number of carbonyl (C=O) groups is 2. The van der Waals surface area contributed by atoms with Crippen LogP contribution in [0.2, 0.25) is 0 Å². The Morgan fingerprint density at radius 2 is 1.84 bits per heavy atom. The number of hydrogen-bond donors (Lipinski definition) is 1. The molecule has 2 aromatic rings. The highest BCUT2D eigenvalue weighted by molar-refractivity contribution is 5.96. The Morgan fingerprint density at radius 1 is 1.16 bits per heavy atom. The topological polar surface area (TPSA) is 58.6 Å². The number of rotatable bonds is 6. The van der Waals surface area contributed by atoms with E-state index in [9.17, 15) is 9.59 Å². The molecule has 0 radical (unpaired) electrons. The van der Waals surface area contributed by atoms with Crippen LogP contribution in [0.3, 0.4) is 0 Å². The van der Waals surface area contributed by atoms with Gasteiger partial charge in [0.2, 0.25) is 5.91 Å². The summed E-state index contributed by atoms with van der Waals surface area (Å²) in [6.45, 7) is 5.39. The van der Waals surface area contributed by atoms with Crippen LogP contribution in [0.1, 0.15) is 25.8 Å². The molecule has 1 N–H and O–H groups in total. The summed E-state index contributed by atoms with van der Waals surface area (Å²) in [6.07, 6.45) is -0.0378. The summed E-state index contributed by atoms with van der Waals surface area (Å²) in [6, 6.07) is 14.8. The number of benzene rings is 2. The van der Waals surface area contributed by atoms with Gasteiger partial charge in [-0.15, -0.1) is 0 Å². The molecule has 25 heavy (non-hydrogen) atoms. The minimum atomic E-state index is -0.586. The van der Waals surface area contributed by atoms with Crippen molar-refractivity contribution in [3.8, 4) is 5.75 Å². The van der Waals surface area contributed by atoms with Crippen molar-refractivity contribution in [2.45, 2.75) is 33.3 Å². The van der Waals surface area contributed by atoms with Crippen molar-refractivity contribution < 1.29 is 14.3 Å². The van der Waals surface area contributed by atoms with E-state index in [2.05, 4.69) is 5.32 Å². The fourth-order valence-corrected chi connectivity index (χ4v) is 2.30. The molecule has 1 atom stereocenters. The molecular weight excluding hydrogens is 316 g/mol. The normalized spacial score (nSPS) is 11.5. The molecule has 0 spiro atoms. The Morgan fingerprint density at radius 3 is 2.44 bits per heavy atom. The molecular formula is C20H24N2O3. The molecule has 1 unspecified atom stereocenters. The average molecular weight is 340 g/mol. The van der Waals surface area contributed by atoms with Crippen molar-refractivity contribution in [1.82, 2.24) is 0 Å². The molecule has 2 rings (SSSR count). The van der Waals surface area contributed by atoms with Crippen LogP contribution in [0.15, 0.2) is 48.5 Å². The van der Waals surface area contributed by atoms with E-state index in [1.54, 1.807) is 25.2 Å². The van der Waals surface area contributed by atoms with Crippen LogP contribution in [0.25, 0.3) is 0 Å². The highest BCUT2D eigenvalue weighted by Gasteiger charge is 2.19. The highest BCUT2D eigenvalue weighted by Crippen LogP contribution is 2.20. The second-order valence-electron chi connectivity index (χ2n) is 5.95. The molecule has 0 aliphatic heterocycles. The van der Waals surface area contributed by atoms with Gasteiger partial charge in [-0.2, -0.15) is 0 Å². The number of anilines is 2. The lowest BCUT2D eigenvalue weighted by Crippen LogP contribution is -2.32. The molecule has 0 bridgehead atoms. The third-order valence-corrected chi connectivity index (χ3v) is 3.94. The Balaban J connectivity index is 2.07. The first-order chi connectivity index (χ1) is 11.9. The van der Waals surface area contributed by atoms with E-state index in [1.807, 2.05) is 44.2 Å².